The molecule has 2 rings (SSSR count). The lowest BCUT2D eigenvalue weighted by molar-refractivity contribution is 0.109. The quantitative estimate of drug-likeness (QED) is 0.708. The SMILES string of the molecule is O=Cc1ccc(S(=O)(=O)NCC2(CO)CC2)o1. The second-order valence-corrected chi connectivity index (χ2v) is 5.96. The number of carbonyl (C=O) groups is 1. The lowest BCUT2D eigenvalue weighted by atomic mass is 10.1. The highest BCUT2D eigenvalue weighted by atomic mass is 32.2. The van der Waals surface area contributed by atoms with E-state index in [1.165, 1.54) is 12.1 Å². The first-order valence-corrected chi connectivity index (χ1v) is 6.65. The number of aliphatic hydroxyl groups is 1. The van der Waals surface area contributed by atoms with Crippen LogP contribution in [0.3, 0.4) is 0 Å². The summed E-state index contributed by atoms with van der Waals surface area (Å²) in [5.41, 5.74) is -0.312. The Hall–Kier alpha value is -1.18. The van der Waals surface area contributed by atoms with Crippen LogP contribution < -0.4 is 4.72 Å². The van der Waals surface area contributed by atoms with Crippen molar-refractivity contribution in [2.24, 2.45) is 5.41 Å². The zero-order chi connectivity index (χ0) is 12.5. The molecule has 0 amide bonds. The summed E-state index contributed by atoms with van der Waals surface area (Å²) in [5.74, 6) is -0.0336. The molecule has 7 heteroatoms. The number of aldehydes is 1. The largest absolute Gasteiger partial charge is 0.440 e. The molecule has 0 bridgehead atoms. The second-order valence-electron chi connectivity index (χ2n) is 4.26. The summed E-state index contributed by atoms with van der Waals surface area (Å²) in [6, 6.07) is 2.52. The topological polar surface area (TPSA) is 96.6 Å². The van der Waals surface area contributed by atoms with E-state index in [0.717, 1.165) is 12.8 Å². The molecule has 1 aliphatic carbocycles. The molecule has 0 radical (unpaired) electrons. The van der Waals surface area contributed by atoms with Crippen LogP contribution in [-0.2, 0) is 10.0 Å². The number of hydrogen-bond donors (Lipinski definition) is 2. The zero-order valence-corrected chi connectivity index (χ0v) is 9.87. The van der Waals surface area contributed by atoms with E-state index in [1.807, 2.05) is 0 Å². The number of aliphatic hydroxyl groups excluding tert-OH is 1. The van der Waals surface area contributed by atoms with Crippen molar-refractivity contribution in [2.45, 2.75) is 17.9 Å². The molecule has 0 aromatic carbocycles. The van der Waals surface area contributed by atoms with Gasteiger partial charge in [-0.05, 0) is 25.0 Å². The highest BCUT2D eigenvalue weighted by molar-refractivity contribution is 7.89. The molecule has 0 saturated heterocycles. The Balaban J connectivity index is 2.06. The van der Waals surface area contributed by atoms with Gasteiger partial charge in [0.05, 0.1) is 0 Å². The summed E-state index contributed by atoms with van der Waals surface area (Å²) in [7, 11) is -3.74. The first-order chi connectivity index (χ1) is 8.01. The monoisotopic (exact) mass is 259 g/mol. The maximum Gasteiger partial charge on any atom is 0.273 e. The van der Waals surface area contributed by atoms with E-state index in [0.29, 0.717) is 6.29 Å². The Morgan fingerprint density at radius 2 is 2.18 bits per heavy atom. The molecule has 1 aromatic rings. The van der Waals surface area contributed by atoms with Crippen molar-refractivity contribution >= 4 is 16.3 Å². The third-order valence-corrected chi connectivity index (χ3v) is 4.19. The Labute approximate surface area is 98.7 Å². The molecular weight excluding hydrogens is 246 g/mol. The Morgan fingerprint density at radius 1 is 1.47 bits per heavy atom. The van der Waals surface area contributed by atoms with Gasteiger partial charge in [0.2, 0.25) is 5.09 Å². The lowest BCUT2D eigenvalue weighted by Gasteiger charge is -2.11. The van der Waals surface area contributed by atoms with Crippen molar-refractivity contribution in [1.29, 1.82) is 0 Å². The average molecular weight is 259 g/mol. The molecule has 17 heavy (non-hydrogen) atoms. The van der Waals surface area contributed by atoms with Crippen molar-refractivity contribution in [3.63, 3.8) is 0 Å². The minimum Gasteiger partial charge on any atom is -0.440 e. The molecule has 94 valence electrons. The summed E-state index contributed by atoms with van der Waals surface area (Å²) in [6.45, 7) is 0.149. The molecule has 1 aliphatic rings. The van der Waals surface area contributed by atoms with Crippen LogP contribution in [-0.4, -0.2) is 33.0 Å². The highest BCUT2D eigenvalue weighted by Gasteiger charge is 2.42. The number of nitrogens with one attached hydrogen (secondary N) is 1. The zero-order valence-electron chi connectivity index (χ0n) is 9.05. The molecule has 1 fully saturated rings. The van der Waals surface area contributed by atoms with Gasteiger partial charge in [-0.25, -0.2) is 13.1 Å². The van der Waals surface area contributed by atoms with Gasteiger partial charge in [0.1, 0.15) is 0 Å². The molecule has 0 aliphatic heterocycles. The Bertz CT molecular complexity index is 515. The third kappa shape index (κ3) is 2.56. The highest BCUT2D eigenvalue weighted by Crippen LogP contribution is 2.44. The van der Waals surface area contributed by atoms with Gasteiger partial charge in [0, 0.05) is 18.6 Å². The molecule has 6 nitrogen and oxygen atoms in total. The van der Waals surface area contributed by atoms with Gasteiger partial charge in [0.25, 0.3) is 10.0 Å². The average Bonchev–Trinajstić information content (AvgIpc) is 2.94. The fourth-order valence-electron chi connectivity index (χ4n) is 1.43. The molecule has 1 heterocycles. The van der Waals surface area contributed by atoms with Gasteiger partial charge in [-0.2, -0.15) is 0 Å². The minimum absolute atomic E-state index is 0.0336. The Kier molecular flexibility index (Phi) is 3.07. The molecule has 0 atom stereocenters. The van der Waals surface area contributed by atoms with Gasteiger partial charge in [0.15, 0.2) is 12.0 Å². The van der Waals surface area contributed by atoms with Gasteiger partial charge in [-0.15, -0.1) is 0 Å². The smallest absolute Gasteiger partial charge is 0.273 e. The predicted molar refractivity (Wildman–Crippen MR) is 58.0 cm³/mol. The van der Waals surface area contributed by atoms with Crippen molar-refractivity contribution in [1.82, 2.24) is 4.72 Å². The number of rotatable bonds is 6. The normalized spacial score (nSPS) is 17.9. The van der Waals surface area contributed by atoms with Crippen LogP contribution in [0, 0.1) is 5.41 Å². The van der Waals surface area contributed by atoms with E-state index in [2.05, 4.69) is 4.72 Å². The maximum absolute atomic E-state index is 11.7. The van der Waals surface area contributed by atoms with Gasteiger partial charge >= 0.3 is 0 Å². The molecule has 0 spiro atoms. The maximum atomic E-state index is 11.7. The van der Waals surface area contributed by atoms with Crippen LogP contribution in [0.25, 0.3) is 0 Å². The number of carbonyl (C=O) groups excluding carboxylic acids is 1. The van der Waals surface area contributed by atoms with Gasteiger partial charge in [-0.3, -0.25) is 4.79 Å². The third-order valence-electron chi connectivity index (χ3n) is 2.91. The fourth-order valence-corrected chi connectivity index (χ4v) is 2.52. The van der Waals surface area contributed by atoms with Crippen LogP contribution in [0.4, 0.5) is 0 Å². The molecule has 0 unspecified atom stereocenters. The van der Waals surface area contributed by atoms with E-state index in [9.17, 15) is 13.2 Å². The number of furan rings is 1. The molecular formula is C10H13NO5S. The number of hydrogen-bond acceptors (Lipinski definition) is 5. The summed E-state index contributed by atoms with van der Waals surface area (Å²) >= 11 is 0. The summed E-state index contributed by atoms with van der Waals surface area (Å²) in [6.07, 6.45) is 2.06. The molecule has 2 N–H and O–H groups in total. The molecule has 1 saturated carbocycles. The number of sulfonamides is 1. The van der Waals surface area contributed by atoms with E-state index >= 15 is 0 Å². The van der Waals surface area contributed by atoms with Crippen LogP contribution >= 0.6 is 0 Å². The predicted octanol–water partition coefficient (Wildman–Crippen LogP) is 0.143. The first-order valence-electron chi connectivity index (χ1n) is 5.17. The van der Waals surface area contributed by atoms with E-state index in [-0.39, 0.29) is 29.4 Å². The van der Waals surface area contributed by atoms with E-state index in [4.69, 9.17) is 9.52 Å². The van der Waals surface area contributed by atoms with Crippen molar-refractivity contribution in [3.05, 3.63) is 17.9 Å². The van der Waals surface area contributed by atoms with E-state index in [1.54, 1.807) is 0 Å². The molecule has 1 aromatic heterocycles. The van der Waals surface area contributed by atoms with Crippen LogP contribution in [0.1, 0.15) is 23.4 Å². The lowest BCUT2D eigenvalue weighted by Crippen LogP contribution is -2.31. The minimum atomic E-state index is -3.74. The van der Waals surface area contributed by atoms with E-state index < -0.39 is 10.0 Å². The van der Waals surface area contributed by atoms with Crippen LogP contribution in [0.15, 0.2) is 21.6 Å². The van der Waals surface area contributed by atoms with Crippen LogP contribution in [0.5, 0.6) is 0 Å². The standard InChI is InChI=1S/C10H13NO5S/c12-5-8-1-2-9(16-8)17(14,15)11-6-10(7-13)3-4-10/h1-2,5,11,13H,3-4,6-7H2. The Morgan fingerprint density at radius 3 is 2.65 bits per heavy atom. The summed E-state index contributed by atoms with van der Waals surface area (Å²) in [5, 5.41) is 8.78. The summed E-state index contributed by atoms with van der Waals surface area (Å²) < 4.78 is 30.7. The fraction of sp³-hybridized carbons (Fsp3) is 0.500. The first kappa shape index (κ1) is 12.3. The van der Waals surface area contributed by atoms with Gasteiger partial charge in [-0.1, -0.05) is 0 Å². The van der Waals surface area contributed by atoms with Crippen molar-refractivity contribution < 1.29 is 22.7 Å². The summed E-state index contributed by atoms with van der Waals surface area (Å²) in [4.78, 5) is 10.4. The van der Waals surface area contributed by atoms with Crippen molar-refractivity contribution in [3.8, 4) is 0 Å². The van der Waals surface area contributed by atoms with Crippen LogP contribution in [0.2, 0.25) is 0 Å². The second kappa shape index (κ2) is 4.25. The van der Waals surface area contributed by atoms with Crippen molar-refractivity contribution in [2.75, 3.05) is 13.2 Å². The van der Waals surface area contributed by atoms with Gasteiger partial charge < -0.3 is 9.52 Å².